The molecule has 1 amide bonds. The van der Waals surface area contributed by atoms with E-state index in [0.29, 0.717) is 24.3 Å². The van der Waals surface area contributed by atoms with Crippen LogP contribution in [0.5, 0.6) is 0 Å². The van der Waals surface area contributed by atoms with Gasteiger partial charge in [-0.2, -0.15) is 13.2 Å². The number of alkyl halides is 3. The van der Waals surface area contributed by atoms with E-state index in [0.717, 1.165) is 31.5 Å². The fraction of sp³-hybridized carbons (Fsp3) is 0.500. The van der Waals surface area contributed by atoms with Crippen LogP contribution in [-0.4, -0.2) is 21.8 Å². The average molecular weight is 327 g/mol. The van der Waals surface area contributed by atoms with Crippen molar-refractivity contribution in [3.8, 4) is 0 Å². The molecular formula is C16H20F3N3O. The van der Waals surface area contributed by atoms with Crippen molar-refractivity contribution in [2.45, 2.75) is 45.7 Å². The van der Waals surface area contributed by atoms with Crippen LogP contribution in [0.2, 0.25) is 0 Å². The molecule has 0 radical (unpaired) electrons. The normalized spacial score (nSPS) is 11.9. The number of amides is 1. The Labute approximate surface area is 132 Å². The first-order chi connectivity index (χ1) is 10.9. The van der Waals surface area contributed by atoms with E-state index in [4.69, 9.17) is 0 Å². The Morgan fingerprint density at radius 3 is 2.61 bits per heavy atom. The molecule has 0 aliphatic rings. The monoisotopic (exact) mass is 327 g/mol. The Hall–Kier alpha value is -2.05. The maximum atomic E-state index is 12.9. The molecule has 2 heterocycles. The van der Waals surface area contributed by atoms with Crippen LogP contribution < -0.4 is 5.32 Å². The smallest absolute Gasteiger partial charge is 0.351 e. The van der Waals surface area contributed by atoms with Crippen LogP contribution >= 0.6 is 0 Å². The van der Waals surface area contributed by atoms with E-state index in [1.165, 1.54) is 10.5 Å². The van der Waals surface area contributed by atoms with Gasteiger partial charge in [-0.25, -0.2) is 4.98 Å². The molecule has 23 heavy (non-hydrogen) atoms. The van der Waals surface area contributed by atoms with E-state index < -0.39 is 11.7 Å². The molecule has 0 spiro atoms. The molecule has 0 aliphatic heterocycles. The van der Waals surface area contributed by atoms with Gasteiger partial charge in [-0.15, -0.1) is 0 Å². The summed E-state index contributed by atoms with van der Waals surface area (Å²) in [5.41, 5.74) is 0.223. The number of nitrogens with one attached hydrogen (secondary N) is 1. The molecule has 2 rings (SSSR count). The predicted molar refractivity (Wildman–Crippen MR) is 81.4 cm³/mol. The molecule has 126 valence electrons. The second-order valence-electron chi connectivity index (χ2n) is 5.37. The molecular weight excluding hydrogens is 307 g/mol. The zero-order chi connectivity index (χ0) is 17.0. The molecule has 1 N–H and O–H groups in total. The minimum atomic E-state index is -4.46. The van der Waals surface area contributed by atoms with Crippen LogP contribution in [0.4, 0.5) is 13.2 Å². The highest BCUT2D eigenvalue weighted by molar-refractivity contribution is 5.94. The van der Waals surface area contributed by atoms with Crippen molar-refractivity contribution in [3.63, 3.8) is 0 Å². The molecule has 0 saturated heterocycles. The zero-order valence-electron chi connectivity index (χ0n) is 13.2. The standard InChI is InChI=1S/C16H20F3N3O/c1-3-5-6-9-20-15(23)14-12(4-2)21-13-8-7-11(10-22(13)14)16(17,18)19/h7-8,10H,3-6,9H2,1-2H3,(H,20,23). The molecule has 2 aromatic rings. The number of imidazole rings is 1. The van der Waals surface area contributed by atoms with Crippen LogP contribution in [0.3, 0.4) is 0 Å². The lowest BCUT2D eigenvalue weighted by Crippen LogP contribution is -2.26. The average Bonchev–Trinajstić information content (AvgIpc) is 2.88. The highest BCUT2D eigenvalue weighted by Crippen LogP contribution is 2.29. The first-order valence-electron chi connectivity index (χ1n) is 7.74. The highest BCUT2D eigenvalue weighted by atomic mass is 19.4. The number of carbonyl (C=O) groups excluding carboxylic acids is 1. The number of pyridine rings is 1. The summed E-state index contributed by atoms with van der Waals surface area (Å²) in [7, 11) is 0. The number of hydrogen-bond acceptors (Lipinski definition) is 2. The van der Waals surface area contributed by atoms with Gasteiger partial charge in [0.25, 0.3) is 5.91 Å². The minimum Gasteiger partial charge on any atom is -0.351 e. The van der Waals surface area contributed by atoms with Gasteiger partial charge in [0, 0.05) is 12.7 Å². The topological polar surface area (TPSA) is 46.4 Å². The molecule has 0 atom stereocenters. The van der Waals surface area contributed by atoms with Crippen LogP contribution in [0.15, 0.2) is 18.3 Å². The third-order valence-corrected chi connectivity index (χ3v) is 3.63. The third kappa shape index (κ3) is 3.83. The summed E-state index contributed by atoms with van der Waals surface area (Å²) in [6.07, 6.45) is -0.190. The molecule has 7 heteroatoms. The Morgan fingerprint density at radius 2 is 2.00 bits per heavy atom. The SMILES string of the molecule is CCCCCNC(=O)c1c(CC)nc2ccc(C(F)(F)F)cn12. The lowest BCUT2D eigenvalue weighted by atomic mass is 10.2. The van der Waals surface area contributed by atoms with Gasteiger partial charge in [0.15, 0.2) is 0 Å². The maximum Gasteiger partial charge on any atom is 0.417 e. The summed E-state index contributed by atoms with van der Waals surface area (Å²) in [6, 6.07) is 2.26. The minimum absolute atomic E-state index is 0.185. The van der Waals surface area contributed by atoms with E-state index in [1.54, 1.807) is 0 Å². The van der Waals surface area contributed by atoms with Gasteiger partial charge in [0.2, 0.25) is 0 Å². The molecule has 0 bridgehead atoms. The fourth-order valence-corrected chi connectivity index (χ4v) is 2.41. The number of unbranched alkanes of at least 4 members (excludes halogenated alkanes) is 2. The Balaban J connectivity index is 2.37. The fourth-order valence-electron chi connectivity index (χ4n) is 2.41. The Kier molecular flexibility index (Phi) is 5.28. The molecule has 0 aliphatic carbocycles. The van der Waals surface area contributed by atoms with Gasteiger partial charge >= 0.3 is 6.18 Å². The van der Waals surface area contributed by atoms with Crippen LogP contribution in [0.25, 0.3) is 5.65 Å². The second kappa shape index (κ2) is 7.02. The van der Waals surface area contributed by atoms with Crippen molar-refractivity contribution in [3.05, 3.63) is 35.3 Å². The highest BCUT2D eigenvalue weighted by Gasteiger charge is 2.31. The molecule has 0 fully saturated rings. The maximum absolute atomic E-state index is 12.9. The van der Waals surface area contributed by atoms with Gasteiger partial charge in [-0.1, -0.05) is 26.7 Å². The van der Waals surface area contributed by atoms with E-state index >= 15 is 0 Å². The predicted octanol–water partition coefficient (Wildman–Crippen LogP) is 3.84. The van der Waals surface area contributed by atoms with Crippen molar-refractivity contribution < 1.29 is 18.0 Å². The molecule has 2 aromatic heterocycles. The van der Waals surface area contributed by atoms with Crippen molar-refractivity contribution in [2.24, 2.45) is 0 Å². The Bertz CT molecular complexity index is 692. The summed E-state index contributed by atoms with van der Waals surface area (Å²) in [5, 5.41) is 2.76. The largest absolute Gasteiger partial charge is 0.417 e. The van der Waals surface area contributed by atoms with E-state index in [1.807, 2.05) is 6.92 Å². The van der Waals surface area contributed by atoms with E-state index in [9.17, 15) is 18.0 Å². The number of nitrogens with zero attached hydrogens (tertiary/aromatic N) is 2. The molecule has 0 aromatic carbocycles. The van der Waals surface area contributed by atoms with Crippen molar-refractivity contribution in [1.82, 2.24) is 14.7 Å². The number of carbonyl (C=O) groups is 1. The number of aryl methyl sites for hydroxylation is 1. The summed E-state index contributed by atoms with van der Waals surface area (Å²) in [4.78, 5) is 16.6. The summed E-state index contributed by atoms with van der Waals surface area (Å²) in [6.45, 7) is 4.38. The Morgan fingerprint density at radius 1 is 1.26 bits per heavy atom. The molecule has 0 unspecified atom stereocenters. The zero-order valence-corrected chi connectivity index (χ0v) is 13.2. The first-order valence-corrected chi connectivity index (χ1v) is 7.74. The lowest BCUT2D eigenvalue weighted by Gasteiger charge is -2.09. The summed E-state index contributed by atoms with van der Waals surface area (Å²) < 4.78 is 39.9. The second-order valence-corrected chi connectivity index (χ2v) is 5.37. The molecule has 0 saturated carbocycles. The number of hydrogen-bond donors (Lipinski definition) is 1. The summed E-state index contributed by atoms with van der Waals surface area (Å²) in [5.74, 6) is -0.384. The van der Waals surface area contributed by atoms with Crippen LogP contribution in [-0.2, 0) is 12.6 Å². The first kappa shape index (κ1) is 17.3. The lowest BCUT2D eigenvalue weighted by molar-refractivity contribution is -0.137. The van der Waals surface area contributed by atoms with E-state index in [-0.39, 0.29) is 11.6 Å². The number of aromatic nitrogens is 2. The quantitative estimate of drug-likeness (QED) is 0.820. The van der Waals surface area contributed by atoms with Gasteiger partial charge in [0.05, 0.1) is 11.3 Å². The van der Waals surface area contributed by atoms with Crippen molar-refractivity contribution >= 4 is 11.6 Å². The number of fused-ring (bicyclic) bond motifs is 1. The summed E-state index contributed by atoms with van der Waals surface area (Å²) >= 11 is 0. The van der Waals surface area contributed by atoms with E-state index in [2.05, 4.69) is 17.2 Å². The number of halogens is 3. The third-order valence-electron chi connectivity index (χ3n) is 3.63. The van der Waals surface area contributed by atoms with Crippen molar-refractivity contribution in [1.29, 1.82) is 0 Å². The van der Waals surface area contributed by atoms with Crippen molar-refractivity contribution in [2.75, 3.05) is 6.54 Å². The molecule has 4 nitrogen and oxygen atoms in total. The van der Waals surface area contributed by atoms with Gasteiger partial charge < -0.3 is 5.32 Å². The van der Waals surface area contributed by atoms with Gasteiger partial charge in [-0.05, 0) is 25.0 Å². The van der Waals surface area contributed by atoms with Gasteiger partial charge in [0.1, 0.15) is 11.3 Å². The van der Waals surface area contributed by atoms with Crippen LogP contribution in [0.1, 0.15) is 54.9 Å². The van der Waals surface area contributed by atoms with Gasteiger partial charge in [-0.3, -0.25) is 9.20 Å². The number of rotatable bonds is 6. The van der Waals surface area contributed by atoms with Crippen LogP contribution in [0, 0.1) is 0 Å².